The number of nitrogen functional groups attached to an aromatic ring is 1. The van der Waals surface area contributed by atoms with E-state index in [0.29, 0.717) is 5.75 Å². The molecule has 2 aromatic rings. The summed E-state index contributed by atoms with van der Waals surface area (Å²) in [5, 5.41) is 5.22. The minimum absolute atomic E-state index is 0.0495. The maximum Gasteiger partial charge on any atom is 0.263 e. The van der Waals surface area contributed by atoms with E-state index < -0.39 is 5.82 Å². The molecule has 21 heavy (non-hydrogen) atoms. The molecule has 0 unspecified atom stereocenters. The maximum absolute atomic E-state index is 13.6. The van der Waals surface area contributed by atoms with Crippen molar-refractivity contribution in [1.29, 1.82) is 0 Å². The quantitative estimate of drug-likeness (QED) is 0.472. The van der Waals surface area contributed by atoms with Crippen LogP contribution >= 0.6 is 0 Å². The molecule has 0 fully saturated rings. The molecule has 0 saturated carbocycles. The van der Waals surface area contributed by atoms with Crippen molar-refractivity contribution < 1.29 is 13.9 Å². The van der Waals surface area contributed by atoms with Gasteiger partial charge >= 0.3 is 0 Å². The molecule has 0 bridgehead atoms. The smallest absolute Gasteiger partial charge is 0.263 e. The molecule has 0 radical (unpaired) electrons. The van der Waals surface area contributed by atoms with Gasteiger partial charge in [0, 0.05) is 0 Å². The Labute approximate surface area is 117 Å². The zero-order valence-corrected chi connectivity index (χ0v) is 10.6. The first-order chi connectivity index (χ1) is 10.2. The van der Waals surface area contributed by atoms with E-state index in [2.05, 4.69) is 31.0 Å². The molecule has 1 aliphatic rings. The van der Waals surface area contributed by atoms with Gasteiger partial charge in [0.25, 0.3) is 5.91 Å². The van der Waals surface area contributed by atoms with E-state index in [1.165, 1.54) is 0 Å². The highest BCUT2D eigenvalue weighted by Gasteiger charge is 2.18. The number of fused-ring (bicyclic) bond motifs is 1. The first-order valence-electron chi connectivity index (χ1n) is 5.85. The van der Waals surface area contributed by atoms with Gasteiger partial charge in [-0.2, -0.15) is 4.98 Å². The largest absolute Gasteiger partial charge is 0.480 e. The maximum atomic E-state index is 13.6. The lowest BCUT2D eigenvalue weighted by Gasteiger charge is -2.17. The summed E-state index contributed by atoms with van der Waals surface area (Å²) in [4.78, 5) is 22.8. The zero-order chi connectivity index (χ0) is 14.8. The number of pyridine rings is 1. The molecule has 0 atom stereocenters. The number of aromatic nitrogens is 3. The molecule has 5 N–H and O–H groups in total. The van der Waals surface area contributed by atoms with Gasteiger partial charge in [0.15, 0.2) is 29.8 Å². The van der Waals surface area contributed by atoms with Gasteiger partial charge in [-0.05, 0) is 12.1 Å². The summed E-state index contributed by atoms with van der Waals surface area (Å²) in [5.41, 5.74) is 2.21. The third-order valence-corrected chi connectivity index (χ3v) is 2.59. The molecule has 10 heteroatoms. The van der Waals surface area contributed by atoms with Crippen LogP contribution in [0.15, 0.2) is 18.3 Å². The Morgan fingerprint density at radius 1 is 1.38 bits per heavy atom. The lowest BCUT2D eigenvalue weighted by atomic mass is 10.3. The third kappa shape index (κ3) is 2.65. The van der Waals surface area contributed by atoms with Crippen LogP contribution in [0.5, 0.6) is 5.75 Å². The Bertz CT molecular complexity index is 709. The molecule has 1 aliphatic heterocycles. The summed E-state index contributed by atoms with van der Waals surface area (Å²) in [6.45, 7) is -0.0620. The summed E-state index contributed by atoms with van der Waals surface area (Å²) in [6.07, 6.45) is 0.966. The average Bonchev–Trinajstić information content (AvgIpc) is 2.49. The van der Waals surface area contributed by atoms with E-state index in [4.69, 9.17) is 10.6 Å². The van der Waals surface area contributed by atoms with Crippen molar-refractivity contribution in [3.63, 3.8) is 0 Å². The van der Waals surface area contributed by atoms with Gasteiger partial charge in [0.1, 0.15) is 5.82 Å². The topological polar surface area (TPSA) is 127 Å². The number of carbonyl (C=O) groups is 1. The summed E-state index contributed by atoms with van der Waals surface area (Å²) in [5.74, 6) is 5.10. The highest BCUT2D eigenvalue weighted by Crippen LogP contribution is 2.28. The van der Waals surface area contributed by atoms with Gasteiger partial charge in [0.2, 0.25) is 5.95 Å². The second-order valence-electron chi connectivity index (χ2n) is 4.04. The van der Waals surface area contributed by atoms with Crippen LogP contribution in [-0.4, -0.2) is 27.5 Å². The fourth-order valence-electron chi connectivity index (χ4n) is 1.68. The van der Waals surface area contributed by atoms with E-state index in [-0.39, 0.29) is 35.9 Å². The molecule has 108 valence electrons. The van der Waals surface area contributed by atoms with Crippen molar-refractivity contribution in [2.45, 2.75) is 0 Å². The van der Waals surface area contributed by atoms with Crippen LogP contribution < -0.4 is 26.6 Å². The van der Waals surface area contributed by atoms with Crippen molar-refractivity contribution in [3.05, 3.63) is 24.1 Å². The number of rotatable bonds is 3. The zero-order valence-electron chi connectivity index (χ0n) is 10.6. The van der Waals surface area contributed by atoms with Gasteiger partial charge < -0.3 is 15.4 Å². The number of ether oxygens (including phenoxy) is 1. The minimum Gasteiger partial charge on any atom is -0.480 e. The number of carbonyl (C=O) groups excluding carboxylic acids is 1. The molecule has 0 aromatic carbocycles. The lowest BCUT2D eigenvalue weighted by Crippen LogP contribution is -2.26. The summed E-state index contributed by atoms with van der Waals surface area (Å²) in [6, 6.07) is 3.17. The first kappa shape index (κ1) is 13.0. The summed E-state index contributed by atoms with van der Waals surface area (Å²) in [7, 11) is 0. The Morgan fingerprint density at radius 3 is 3.05 bits per heavy atom. The van der Waals surface area contributed by atoms with Crippen molar-refractivity contribution in [2.24, 2.45) is 5.84 Å². The fraction of sp³-hybridized carbons (Fsp3) is 0.0909. The number of hydrogen-bond acceptors (Lipinski definition) is 8. The molecule has 1 amide bonds. The lowest BCUT2D eigenvalue weighted by molar-refractivity contribution is -0.118. The highest BCUT2D eigenvalue weighted by molar-refractivity contribution is 5.94. The van der Waals surface area contributed by atoms with E-state index in [1.807, 2.05) is 0 Å². The van der Waals surface area contributed by atoms with Crippen LogP contribution in [0, 0.1) is 5.82 Å². The number of amides is 1. The molecular weight excluding hydrogens is 281 g/mol. The number of hydrazine groups is 1. The van der Waals surface area contributed by atoms with E-state index in [0.717, 1.165) is 6.20 Å². The monoisotopic (exact) mass is 291 g/mol. The number of nitrogens with zero attached hydrogens (tertiary/aromatic N) is 3. The molecule has 0 saturated heterocycles. The van der Waals surface area contributed by atoms with Gasteiger partial charge in [-0.25, -0.2) is 20.2 Å². The van der Waals surface area contributed by atoms with Crippen LogP contribution in [0.3, 0.4) is 0 Å². The number of anilines is 4. The van der Waals surface area contributed by atoms with E-state index >= 15 is 0 Å². The Kier molecular flexibility index (Phi) is 3.20. The van der Waals surface area contributed by atoms with Gasteiger partial charge in [-0.1, -0.05) is 0 Å². The number of nitrogens with one attached hydrogen (secondary N) is 3. The van der Waals surface area contributed by atoms with E-state index in [1.54, 1.807) is 12.1 Å². The van der Waals surface area contributed by atoms with Crippen molar-refractivity contribution in [1.82, 2.24) is 15.0 Å². The number of halogens is 1. The average molecular weight is 291 g/mol. The predicted molar refractivity (Wildman–Crippen MR) is 71.4 cm³/mol. The Balaban J connectivity index is 1.88. The summed E-state index contributed by atoms with van der Waals surface area (Å²) >= 11 is 0. The normalized spacial score (nSPS) is 13.0. The van der Waals surface area contributed by atoms with Crippen LogP contribution in [0.1, 0.15) is 0 Å². The van der Waals surface area contributed by atoms with Crippen LogP contribution in [0.2, 0.25) is 0 Å². The molecular formula is C11H10FN7O2. The standard InChI is InChI=1S/C11H10FN7O2/c12-5-3-14-11(19-13)18-9(5)15-7-2-1-6-10(16-7)17-8(20)4-21-6/h1-3H,4,13H2,(H3,14,15,16,17,18,19,20). The van der Waals surface area contributed by atoms with Crippen LogP contribution in [-0.2, 0) is 4.79 Å². The third-order valence-electron chi connectivity index (χ3n) is 2.59. The highest BCUT2D eigenvalue weighted by atomic mass is 19.1. The van der Waals surface area contributed by atoms with Crippen LogP contribution in [0.4, 0.5) is 27.8 Å². The molecule has 3 heterocycles. The number of hydrogen-bond donors (Lipinski definition) is 4. The van der Waals surface area contributed by atoms with Crippen molar-refractivity contribution >= 4 is 29.3 Å². The number of nitrogens with two attached hydrogens (primary N) is 1. The Hall–Kier alpha value is -3.01. The minimum atomic E-state index is -0.672. The molecule has 3 rings (SSSR count). The van der Waals surface area contributed by atoms with E-state index in [9.17, 15) is 9.18 Å². The second kappa shape index (κ2) is 5.17. The Morgan fingerprint density at radius 2 is 2.24 bits per heavy atom. The molecule has 9 nitrogen and oxygen atoms in total. The predicted octanol–water partition coefficient (Wildman–Crippen LogP) is 0.371. The first-order valence-corrected chi connectivity index (χ1v) is 5.85. The van der Waals surface area contributed by atoms with Crippen LogP contribution in [0.25, 0.3) is 0 Å². The molecule has 0 spiro atoms. The van der Waals surface area contributed by atoms with Gasteiger partial charge in [-0.15, -0.1) is 0 Å². The fourth-order valence-corrected chi connectivity index (χ4v) is 1.68. The van der Waals surface area contributed by atoms with Gasteiger partial charge in [0.05, 0.1) is 6.20 Å². The molecule has 0 aliphatic carbocycles. The van der Waals surface area contributed by atoms with Crippen molar-refractivity contribution in [2.75, 3.05) is 22.7 Å². The second-order valence-corrected chi connectivity index (χ2v) is 4.04. The summed E-state index contributed by atoms with van der Waals surface area (Å²) < 4.78 is 18.8. The van der Waals surface area contributed by atoms with Crippen molar-refractivity contribution in [3.8, 4) is 5.75 Å². The SMILES string of the molecule is NNc1ncc(F)c(Nc2ccc3c(n2)NC(=O)CO3)n1. The molecule has 2 aromatic heterocycles. The van der Waals surface area contributed by atoms with Gasteiger partial charge in [-0.3, -0.25) is 10.2 Å².